The van der Waals surface area contributed by atoms with Gasteiger partial charge in [0.15, 0.2) is 0 Å². The number of hydrogen-bond donors (Lipinski definition) is 0. The van der Waals surface area contributed by atoms with E-state index in [9.17, 15) is 8.42 Å². The smallest absolute Gasteiger partial charge is 0.254 e. The standard InChI is InChI=1S/C7H3Cl2NO2S2/c8-6-5(14(9,11)12)3-10-4-1-2-13-7(4)6/h1-3H. The number of pyridine rings is 1. The minimum Gasteiger partial charge on any atom is -0.254 e. The molecule has 0 atom stereocenters. The first-order valence-corrected chi connectivity index (χ1v) is 7.03. The van der Waals surface area contributed by atoms with Crippen LogP contribution in [0.15, 0.2) is 22.5 Å². The average molecular weight is 268 g/mol. The second-order valence-corrected chi connectivity index (χ2v) is 6.34. The maximum absolute atomic E-state index is 11.1. The molecular weight excluding hydrogens is 265 g/mol. The van der Waals surface area contributed by atoms with Crippen molar-refractivity contribution in [1.82, 2.24) is 4.98 Å². The van der Waals surface area contributed by atoms with E-state index in [-0.39, 0.29) is 9.92 Å². The Morgan fingerprint density at radius 1 is 1.43 bits per heavy atom. The van der Waals surface area contributed by atoms with Crippen LogP contribution in [-0.2, 0) is 9.05 Å². The van der Waals surface area contributed by atoms with Crippen molar-refractivity contribution in [2.45, 2.75) is 4.90 Å². The van der Waals surface area contributed by atoms with Gasteiger partial charge in [-0.05, 0) is 11.4 Å². The van der Waals surface area contributed by atoms with Crippen molar-refractivity contribution in [3.63, 3.8) is 0 Å². The number of fused-ring (bicyclic) bond motifs is 1. The van der Waals surface area contributed by atoms with Gasteiger partial charge in [-0.3, -0.25) is 4.98 Å². The molecule has 0 N–H and O–H groups in total. The Balaban J connectivity index is 2.88. The molecule has 0 aliphatic heterocycles. The van der Waals surface area contributed by atoms with Gasteiger partial charge in [-0.2, -0.15) is 0 Å². The highest BCUT2D eigenvalue weighted by atomic mass is 35.7. The third kappa shape index (κ3) is 1.61. The van der Waals surface area contributed by atoms with E-state index in [0.717, 1.165) is 0 Å². The van der Waals surface area contributed by atoms with Gasteiger partial charge < -0.3 is 0 Å². The highest BCUT2D eigenvalue weighted by molar-refractivity contribution is 8.13. The first kappa shape index (κ1) is 10.2. The van der Waals surface area contributed by atoms with Crippen molar-refractivity contribution in [3.8, 4) is 0 Å². The van der Waals surface area contributed by atoms with Crippen LogP contribution in [0.25, 0.3) is 10.2 Å². The zero-order valence-electron chi connectivity index (χ0n) is 6.57. The fourth-order valence-electron chi connectivity index (χ4n) is 1.04. The van der Waals surface area contributed by atoms with Gasteiger partial charge in [0.25, 0.3) is 9.05 Å². The summed E-state index contributed by atoms with van der Waals surface area (Å²) in [7, 11) is 1.37. The molecule has 0 bridgehead atoms. The fourth-order valence-corrected chi connectivity index (χ4v) is 3.44. The van der Waals surface area contributed by atoms with Crippen molar-refractivity contribution in [2.75, 3.05) is 0 Å². The molecule has 0 spiro atoms. The minimum atomic E-state index is -3.82. The topological polar surface area (TPSA) is 47.0 Å². The van der Waals surface area contributed by atoms with Crippen LogP contribution in [0.3, 0.4) is 0 Å². The Bertz CT molecular complexity index is 591. The second kappa shape index (κ2) is 3.34. The molecule has 0 aliphatic rings. The summed E-state index contributed by atoms with van der Waals surface area (Å²) in [5.74, 6) is 0. The van der Waals surface area contributed by atoms with Crippen LogP contribution in [0.5, 0.6) is 0 Å². The van der Waals surface area contributed by atoms with Crippen molar-refractivity contribution in [1.29, 1.82) is 0 Å². The monoisotopic (exact) mass is 267 g/mol. The normalized spacial score (nSPS) is 12.1. The lowest BCUT2D eigenvalue weighted by Crippen LogP contribution is -1.93. The maximum Gasteiger partial charge on any atom is 0.264 e. The molecule has 0 unspecified atom stereocenters. The first-order chi connectivity index (χ1) is 6.50. The third-order valence-corrected chi connectivity index (χ3v) is 4.52. The third-order valence-electron chi connectivity index (χ3n) is 1.64. The molecular formula is C7H3Cl2NO2S2. The number of aromatic nitrogens is 1. The number of hydrogen-bond acceptors (Lipinski definition) is 4. The Morgan fingerprint density at radius 2 is 2.14 bits per heavy atom. The summed E-state index contributed by atoms with van der Waals surface area (Å²) in [5, 5.41) is 1.92. The lowest BCUT2D eigenvalue weighted by atomic mass is 10.4. The SMILES string of the molecule is O=S(=O)(Cl)c1cnc2ccsc2c1Cl. The van der Waals surface area contributed by atoms with Gasteiger partial charge in [0.05, 0.1) is 15.2 Å². The Kier molecular flexibility index (Phi) is 2.43. The van der Waals surface area contributed by atoms with Gasteiger partial charge in [0.1, 0.15) is 4.90 Å². The van der Waals surface area contributed by atoms with Crippen LogP contribution in [0.1, 0.15) is 0 Å². The first-order valence-electron chi connectivity index (χ1n) is 3.46. The van der Waals surface area contributed by atoms with E-state index in [4.69, 9.17) is 22.3 Å². The Labute approximate surface area is 93.7 Å². The molecule has 2 heterocycles. The van der Waals surface area contributed by atoms with Crippen molar-refractivity contribution in [3.05, 3.63) is 22.7 Å². The van der Waals surface area contributed by atoms with Crippen LogP contribution in [0.4, 0.5) is 0 Å². The van der Waals surface area contributed by atoms with E-state index in [1.165, 1.54) is 17.5 Å². The fraction of sp³-hybridized carbons (Fsp3) is 0. The number of nitrogens with zero attached hydrogens (tertiary/aromatic N) is 1. The predicted octanol–water partition coefficient (Wildman–Crippen LogP) is 2.88. The molecule has 2 aromatic heterocycles. The van der Waals surface area contributed by atoms with E-state index < -0.39 is 9.05 Å². The Hall–Kier alpha value is -0.360. The average Bonchev–Trinajstić information content (AvgIpc) is 2.50. The van der Waals surface area contributed by atoms with Gasteiger partial charge in [0.2, 0.25) is 0 Å². The summed E-state index contributed by atoms with van der Waals surface area (Å²) in [4.78, 5) is 3.79. The summed E-state index contributed by atoms with van der Waals surface area (Å²) < 4.78 is 22.8. The van der Waals surface area contributed by atoms with E-state index in [2.05, 4.69) is 4.98 Å². The van der Waals surface area contributed by atoms with Gasteiger partial charge in [0, 0.05) is 16.9 Å². The summed E-state index contributed by atoms with van der Waals surface area (Å²) in [6.07, 6.45) is 1.17. The van der Waals surface area contributed by atoms with Crippen LogP contribution < -0.4 is 0 Å². The van der Waals surface area contributed by atoms with E-state index in [0.29, 0.717) is 10.2 Å². The molecule has 14 heavy (non-hydrogen) atoms. The summed E-state index contributed by atoms with van der Waals surface area (Å²) in [5.41, 5.74) is 0.670. The molecule has 0 amide bonds. The van der Waals surface area contributed by atoms with Gasteiger partial charge >= 0.3 is 0 Å². The van der Waals surface area contributed by atoms with E-state index in [1.54, 1.807) is 11.4 Å². The van der Waals surface area contributed by atoms with Crippen LogP contribution in [0.2, 0.25) is 5.02 Å². The van der Waals surface area contributed by atoms with Crippen molar-refractivity contribution < 1.29 is 8.42 Å². The second-order valence-electron chi connectivity index (χ2n) is 2.51. The lowest BCUT2D eigenvalue weighted by Gasteiger charge is -1.99. The number of thiophene rings is 1. The minimum absolute atomic E-state index is 0.139. The van der Waals surface area contributed by atoms with Crippen LogP contribution in [-0.4, -0.2) is 13.4 Å². The number of halogens is 2. The molecule has 3 nitrogen and oxygen atoms in total. The van der Waals surface area contributed by atoms with Gasteiger partial charge in [-0.1, -0.05) is 11.6 Å². The van der Waals surface area contributed by atoms with E-state index >= 15 is 0 Å². The summed E-state index contributed by atoms with van der Waals surface area (Å²) in [6.45, 7) is 0. The highest BCUT2D eigenvalue weighted by Crippen LogP contribution is 2.33. The zero-order valence-corrected chi connectivity index (χ0v) is 9.71. The largest absolute Gasteiger partial charge is 0.264 e. The molecule has 0 saturated heterocycles. The number of rotatable bonds is 1. The van der Waals surface area contributed by atoms with Crippen molar-refractivity contribution >= 4 is 52.9 Å². The molecule has 0 fully saturated rings. The molecule has 2 aromatic rings. The molecule has 2 rings (SSSR count). The Morgan fingerprint density at radius 3 is 2.79 bits per heavy atom. The van der Waals surface area contributed by atoms with Gasteiger partial charge in [-0.25, -0.2) is 8.42 Å². The summed E-state index contributed by atoms with van der Waals surface area (Å²) in [6, 6.07) is 1.76. The molecule has 0 aromatic carbocycles. The van der Waals surface area contributed by atoms with Gasteiger partial charge in [-0.15, -0.1) is 11.3 Å². The zero-order chi connectivity index (χ0) is 10.3. The van der Waals surface area contributed by atoms with Crippen LogP contribution >= 0.6 is 33.6 Å². The molecule has 0 aliphatic carbocycles. The van der Waals surface area contributed by atoms with Crippen molar-refractivity contribution in [2.24, 2.45) is 0 Å². The lowest BCUT2D eigenvalue weighted by molar-refractivity contribution is 0.609. The van der Waals surface area contributed by atoms with E-state index in [1.807, 2.05) is 0 Å². The quantitative estimate of drug-likeness (QED) is 0.747. The maximum atomic E-state index is 11.1. The molecule has 0 saturated carbocycles. The molecule has 0 radical (unpaired) electrons. The predicted molar refractivity (Wildman–Crippen MR) is 57.7 cm³/mol. The molecule has 7 heteroatoms. The van der Waals surface area contributed by atoms with Crippen LogP contribution in [0, 0.1) is 0 Å². The highest BCUT2D eigenvalue weighted by Gasteiger charge is 2.18. The summed E-state index contributed by atoms with van der Waals surface area (Å²) >= 11 is 7.20. The molecule has 74 valence electrons.